The molecule has 0 N–H and O–H groups in total. The van der Waals surface area contributed by atoms with Crippen LogP contribution >= 0.6 is 8.58 Å². The van der Waals surface area contributed by atoms with E-state index in [1.54, 1.807) is 12.8 Å². The van der Waals surface area contributed by atoms with Gasteiger partial charge in [-0.15, -0.1) is 8.58 Å². The SMILES string of the molecule is C[Si](C)(C)C1([Si](C)(C)C)CCC([Si](C)(C)C)([Si](C)(C)C)P1. The quantitative estimate of drug-likeness (QED) is 0.391. The van der Waals surface area contributed by atoms with Gasteiger partial charge in [-0.2, -0.15) is 0 Å². The second kappa shape index (κ2) is 5.40. The molecule has 0 aliphatic carbocycles. The molecule has 126 valence electrons. The van der Waals surface area contributed by atoms with Crippen molar-refractivity contribution in [3.8, 4) is 0 Å². The molecule has 1 aliphatic rings. The van der Waals surface area contributed by atoms with Crippen molar-refractivity contribution >= 4 is 40.9 Å². The maximum atomic E-state index is 2.68. The van der Waals surface area contributed by atoms with Gasteiger partial charge in [0.15, 0.2) is 0 Å². The molecule has 0 aromatic carbocycles. The van der Waals surface area contributed by atoms with Gasteiger partial charge in [0.2, 0.25) is 0 Å². The highest BCUT2D eigenvalue weighted by Crippen LogP contribution is 2.67. The van der Waals surface area contributed by atoms with E-state index in [0.717, 1.165) is 8.81 Å². The molecule has 0 radical (unpaired) electrons. The summed E-state index contributed by atoms with van der Waals surface area (Å²) in [4.78, 5) is 0. The molecule has 0 saturated carbocycles. The molecule has 1 aliphatic heterocycles. The Labute approximate surface area is 141 Å². The Kier molecular flexibility index (Phi) is 5.23. The maximum Gasteiger partial charge on any atom is 0.0522 e. The van der Waals surface area contributed by atoms with Crippen LogP contribution in [-0.4, -0.2) is 41.1 Å². The lowest BCUT2D eigenvalue weighted by Crippen LogP contribution is -2.66. The Bertz CT molecular complexity index is 324. The van der Waals surface area contributed by atoms with Crippen LogP contribution in [-0.2, 0) is 0 Å². The van der Waals surface area contributed by atoms with Gasteiger partial charge in [-0.25, -0.2) is 0 Å². The van der Waals surface area contributed by atoms with Gasteiger partial charge in [-0.3, -0.25) is 0 Å². The van der Waals surface area contributed by atoms with Crippen molar-refractivity contribution in [2.24, 2.45) is 0 Å². The first-order valence-electron chi connectivity index (χ1n) is 8.71. The molecule has 1 rings (SSSR count). The fraction of sp³-hybridized carbons (Fsp3) is 1.00. The normalized spacial score (nSPS) is 23.4. The second-order valence-corrected chi connectivity index (χ2v) is 37.8. The summed E-state index contributed by atoms with van der Waals surface area (Å²) in [6.07, 6.45) is 3.15. The van der Waals surface area contributed by atoms with E-state index in [4.69, 9.17) is 0 Å². The summed E-state index contributed by atoms with van der Waals surface area (Å²) in [6.45, 7) is 32.2. The average molecular weight is 377 g/mol. The lowest BCUT2D eigenvalue weighted by molar-refractivity contribution is 0.775. The Morgan fingerprint density at radius 3 is 0.762 bits per heavy atom. The van der Waals surface area contributed by atoms with Gasteiger partial charge in [-0.05, 0) is 21.6 Å². The van der Waals surface area contributed by atoms with Crippen LogP contribution in [0.4, 0.5) is 0 Å². The molecular formula is C16H41PSi4. The maximum absolute atomic E-state index is 2.68. The van der Waals surface area contributed by atoms with Crippen molar-refractivity contribution < 1.29 is 0 Å². The predicted molar refractivity (Wildman–Crippen MR) is 116 cm³/mol. The molecule has 1 heterocycles. The smallest absolute Gasteiger partial charge is 0.0522 e. The number of rotatable bonds is 4. The molecule has 0 nitrogen and oxygen atoms in total. The van der Waals surface area contributed by atoms with E-state index in [2.05, 4.69) is 78.6 Å². The zero-order valence-electron chi connectivity index (χ0n) is 16.9. The first-order valence-corrected chi connectivity index (χ1v) is 23.7. The van der Waals surface area contributed by atoms with Crippen molar-refractivity contribution in [1.29, 1.82) is 0 Å². The number of hydrogen-bond donors (Lipinski definition) is 0. The molecular weight excluding hydrogens is 335 g/mol. The van der Waals surface area contributed by atoms with E-state index >= 15 is 0 Å². The summed E-state index contributed by atoms with van der Waals surface area (Å²) in [5.41, 5.74) is 0. The minimum absolute atomic E-state index is 0.792. The Hall–Kier alpha value is 1.30. The Balaban J connectivity index is 3.49. The summed E-state index contributed by atoms with van der Waals surface area (Å²) in [6, 6.07) is 0. The molecule has 0 atom stereocenters. The zero-order chi connectivity index (χ0) is 17.1. The fourth-order valence-electron chi connectivity index (χ4n) is 5.36. The van der Waals surface area contributed by atoms with Crippen LogP contribution in [0.15, 0.2) is 0 Å². The van der Waals surface area contributed by atoms with E-state index in [-0.39, 0.29) is 0 Å². The largest absolute Gasteiger partial charge is 0.120 e. The highest BCUT2D eigenvalue weighted by Gasteiger charge is 2.65. The van der Waals surface area contributed by atoms with Gasteiger partial charge in [0.05, 0.1) is 32.3 Å². The van der Waals surface area contributed by atoms with Gasteiger partial charge >= 0.3 is 0 Å². The van der Waals surface area contributed by atoms with E-state index < -0.39 is 32.3 Å². The first kappa shape index (κ1) is 20.3. The van der Waals surface area contributed by atoms with Gasteiger partial charge in [0.25, 0.3) is 0 Å². The van der Waals surface area contributed by atoms with E-state index in [1.165, 1.54) is 8.58 Å². The zero-order valence-corrected chi connectivity index (χ0v) is 21.9. The molecule has 0 aromatic rings. The Morgan fingerprint density at radius 1 is 0.476 bits per heavy atom. The molecule has 1 fully saturated rings. The van der Waals surface area contributed by atoms with Crippen molar-refractivity contribution in [2.75, 3.05) is 0 Å². The van der Waals surface area contributed by atoms with E-state index in [1.807, 2.05) is 0 Å². The van der Waals surface area contributed by atoms with E-state index in [9.17, 15) is 0 Å². The highest BCUT2D eigenvalue weighted by molar-refractivity contribution is 7.60. The van der Waals surface area contributed by atoms with Crippen LogP contribution < -0.4 is 0 Å². The third-order valence-corrected chi connectivity index (χ3v) is 38.5. The lowest BCUT2D eigenvalue weighted by atomic mass is 10.4. The predicted octanol–water partition coefficient (Wildman–Crippen LogP) is 6.45. The van der Waals surface area contributed by atoms with Gasteiger partial charge < -0.3 is 0 Å². The second-order valence-electron chi connectivity index (χ2n) is 11.4. The third-order valence-electron chi connectivity index (χ3n) is 6.42. The lowest BCUT2D eigenvalue weighted by Gasteiger charge is -2.55. The number of hydrogen-bond acceptors (Lipinski definition) is 0. The average Bonchev–Trinajstić information content (AvgIpc) is 2.54. The Morgan fingerprint density at radius 2 is 0.667 bits per heavy atom. The van der Waals surface area contributed by atoms with Crippen LogP contribution in [0.5, 0.6) is 0 Å². The van der Waals surface area contributed by atoms with E-state index in [0.29, 0.717) is 0 Å². The summed E-state index contributed by atoms with van der Waals surface area (Å²) >= 11 is 0. The monoisotopic (exact) mass is 376 g/mol. The molecule has 0 aromatic heterocycles. The molecule has 5 heteroatoms. The summed E-state index contributed by atoms with van der Waals surface area (Å²) in [7, 11) is -3.27. The molecule has 21 heavy (non-hydrogen) atoms. The van der Waals surface area contributed by atoms with Crippen LogP contribution in [0.1, 0.15) is 12.8 Å². The first-order chi connectivity index (χ1) is 8.91. The van der Waals surface area contributed by atoms with Gasteiger partial charge in [0.1, 0.15) is 0 Å². The molecule has 0 amide bonds. The van der Waals surface area contributed by atoms with Crippen LogP contribution in [0.2, 0.25) is 78.6 Å². The third kappa shape index (κ3) is 3.14. The summed E-state index contributed by atoms with van der Waals surface area (Å²) in [5.74, 6) is 0. The van der Waals surface area contributed by atoms with Crippen LogP contribution in [0.25, 0.3) is 0 Å². The highest BCUT2D eigenvalue weighted by atomic mass is 31.1. The molecule has 0 unspecified atom stereocenters. The summed E-state index contributed by atoms with van der Waals surface area (Å²) < 4.78 is 1.58. The topological polar surface area (TPSA) is 0 Å². The molecule has 0 spiro atoms. The molecule has 0 bridgehead atoms. The van der Waals surface area contributed by atoms with Crippen LogP contribution in [0.3, 0.4) is 0 Å². The molecule has 1 saturated heterocycles. The van der Waals surface area contributed by atoms with Gasteiger partial charge in [0, 0.05) is 0 Å². The van der Waals surface area contributed by atoms with Gasteiger partial charge in [-0.1, -0.05) is 78.6 Å². The van der Waals surface area contributed by atoms with Crippen molar-refractivity contribution in [1.82, 2.24) is 0 Å². The van der Waals surface area contributed by atoms with Crippen LogP contribution in [0, 0.1) is 0 Å². The minimum atomic E-state index is -1.14. The van der Waals surface area contributed by atoms with Crippen molar-refractivity contribution in [3.05, 3.63) is 0 Å². The standard InChI is InChI=1S/C16H41PSi4/c1-18(2,3)15(19(4,5)6)13-14-16(17-15,20(7,8)9)21(10,11)12/h17H,13-14H2,1-12H3. The minimum Gasteiger partial charge on any atom is -0.120 e. The van der Waals surface area contributed by atoms with Crippen molar-refractivity contribution in [3.63, 3.8) is 0 Å². The summed E-state index contributed by atoms with van der Waals surface area (Å²) in [5, 5.41) is 0. The fourth-order valence-corrected chi connectivity index (χ4v) is 38.2. The van der Waals surface area contributed by atoms with Crippen molar-refractivity contribution in [2.45, 2.75) is 100 Å².